The number of rotatable bonds is 5. The van der Waals surface area contributed by atoms with E-state index < -0.39 is 5.97 Å². The lowest BCUT2D eigenvalue weighted by atomic mass is 9.99. The molecule has 0 fully saturated rings. The van der Waals surface area contributed by atoms with Crippen LogP contribution in [-0.4, -0.2) is 23.0 Å². The van der Waals surface area contributed by atoms with Crippen molar-refractivity contribution in [3.63, 3.8) is 0 Å². The van der Waals surface area contributed by atoms with Crippen LogP contribution in [0.1, 0.15) is 52.7 Å². The molecule has 1 amide bonds. The molecule has 1 aliphatic rings. The summed E-state index contributed by atoms with van der Waals surface area (Å²) in [4.78, 5) is 24.7. The van der Waals surface area contributed by atoms with Crippen LogP contribution in [0.25, 0.3) is 0 Å². The lowest BCUT2D eigenvalue weighted by molar-refractivity contribution is -0.137. The Hall–Kier alpha value is -1.36. The molecule has 0 radical (unpaired) electrons. The first-order chi connectivity index (χ1) is 9.06. The van der Waals surface area contributed by atoms with Gasteiger partial charge in [0.05, 0.1) is 4.88 Å². The Balaban J connectivity index is 1.92. The van der Waals surface area contributed by atoms with Gasteiger partial charge in [0.25, 0.3) is 5.91 Å². The maximum Gasteiger partial charge on any atom is 0.303 e. The smallest absolute Gasteiger partial charge is 0.303 e. The topological polar surface area (TPSA) is 66.4 Å². The number of carboxylic acids is 1. The summed E-state index contributed by atoms with van der Waals surface area (Å²) in [6.45, 7) is 1.84. The van der Waals surface area contributed by atoms with Gasteiger partial charge in [0.2, 0.25) is 0 Å². The Labute approximate surface area is 116 Å². The zero-order chi connectivity index (χ0) is 13.8. The molecule has 0 bridgehead atoms. The van der Waals surface area contributed by atoms with Crippen LogP contribution in [0.4, 0.5) is 0 Å². The molecule has 1 aromatic heterocycles. The minimum absolute atomic E-state index is 0.0720. The van der Waals surface area contributed by atoms with Crippen molar-refractivity contribution in [3.05, 3.63) is 21.4 Å². The van der Waals surface area contributed by atoms with Crippen molar-refractivity contribution in [2.24, 2.45) is 0 Å². The van der Waals surface area contributed by atoms with Crippen LogP contribution in [0.2, 0.25) is 0 Å². The molecule has 104 valence electrons. The van der Waals surface area contributed by atoms with Crippen LogP contribution in [-0.2, 0) is 17.6 Å². The van der Waals surface area contributed by atoms with Gasteiger partial charge in [-0.3, -0.25) is 9.59 Å². The second kappa shape index (κ2) is 6.19. The summed E-state index contributed by atoms with van der Waals surface area (Å²) in [6.07, 6.45) is 5.13. The summed E-state index contributed by atoms with van der Waals surface area (Å²) >= 11 is 1.58. The van der Waals surface area contributed by atoms with Crippen LogP contribution in [0.15, 0.2) is 6.07 Å². The number of hydrogen-bond donors (Lipinski definition) is 2. The van der Waals surface area contributed by atoms with E-state index in [1.165, 1.54) is 23.3 Å². The van der Waals surface area contributed by atoms with Gasteiger partial charge in [0.1, 0.15) is 0 Å². The van der Waals surface area contributed by atoms with Crippen molar-refractivity contribution in [1.29, 1.82) is 0 Å². The molecule has 1 atom stereocenters. The van der Waals surface area contributed by atoms with E-state index in [-0.39, 0.29) is 18.4 Å². The molecule has 4 nitrogen and oxygen atoms in total. The molecule has 0 aromatic carbocycles. The number of carbonyl (C=O) groups is 2. The van der Waals surface area contributed by atoms with E-state index in [2.05, 4.69) is 5.32 Å². The normalized spacial score (nSPS) is 15.6. The zero-order valence-electron chi connectivity index (χ0n) is 11.1. The summed E-state index contributed by atoms with van der Waals surface area (Å²) in [7, 11) is 0. The Morgan fingerprint density at radius 3 is 2.84 bits per heavy atom. The molecule has 0 saturated carbocycles. The quantitative estimate of drug-likeness (QED) is 0.872. The first-order valence-electron chi connectivity index (χ1n) is 6.70. The zero-order valence-corrected chi connectivity index (χ0v) is 11.9. The van der Waals surface area contributed by atoms with E-state index in [1.807, 2.05) is 13.0 Å². The molecule has 19 heavy (non-hydrogen) atoms. The highest BCUT2D eigenvalue weighted by Gasteiger charge is 2.18. The molecule has 1 aromatic rings. The summed E-state index contributed by atoms with van der Waals surface area (Å²) in [5.41, 5.74) is 1.32. The second-order valence-corrected chi connectivity index (χ2v) is 6.21. The highest BCUT2D eigenvalue weighted by molar-refractivity contribution is 7.14. The fourth-order valence-corrected chi connectivity index (χ4v) is 3.47. The summed E-state index contributed by atoms with van der Waals surface area (Å²) in [5.74, 6) is -0.898. The number of amides is 1. The molecule has 0 spiro atoms. The SMILES string of the molecule is CC(CCC(=O)O)NC(=O)c1cc2c(s1)CCCC2. The van der Waals surface area contributed by atoms with Gasteiger partial charge < -0.3 is 10.4 Å². The Bertz CT molecular complexity index is 458. The summed E-state index contributed by atoms with van der Waals surface area (Å²) < 4.78 is 0. The molecule has 0 saturated heterocycles. The maximum atomic E-state index is 12.1. The standard InChI is InChI=1S/C14H19NO3S/c1-9(6-7-13(16)17)15-14(18)12-8-10-4-2-3-5-11(10)19-12/h8-9H,2-7H2,1H3,(H,15,18)(H,16,17). The number of aryl methyl sites for hydroxylation is 2. The monoisotopic (exact) mass is 281 g/mol. The Kier molecular flexibility index (Phi) is 4.58. The highest BCUT2D eigenvalue weighted by atomic mass is 32.1. The van der Waals surface area contributed by atoms with E-state index >= 15 is 0 Å². The predicted octanol–water partition coefficient (Wildman–Crippen LogP) is 2.61. The Morgan fingerprint density at radius 2 is 2.16 bits per heavy atom. The van der Waals surface area contributed by atoms with Gasteiger partial charge in [-0.25, -0.2) is 0 Å². The predicted molar refractivity (Wildman–Crippen MR) is 74.8 cm³/mol. The third-order valence-electron chi connectivity index (χ3n) is 3.39. The van der Waals surface area contributed by atoms with Gasteiger partial charge in [0, 0.05) is 17.3 Å². The molecule has 1 aliphatic carbocycles. The third kappa shape index (κ3) is 3.80. The van der Waals surface area contributed by atoms with Gasteiger partial charge in [-0.1, -0.05) is 0 Å². The fraction of sp³-hybridized carbons (Fsp3) is 0.571. The first-order valence-corrected chi connectivity index (χ1v) is 7.52. The largest absolute Gasteiger partial charge is 0.481 e. The van der Waals surface area contributed by atoms with E-state index in [0.29, 0.717) is 6.42 Å². The number of thiophene rings is 1. The molecule has 2 N–H and O–H groups in total. The van der Waals surface area contributed by atoms with E-state index in [9.17, 15) is 9.59 Å². The van der Waals surface area contributed by atoms with E-state index in [0.717, 1.165) is 17.7 Å². The van der Waals surface area contributed by atoms with Crippen LogP contribution < -0.4 is 5.32 Å². The van der Waals surface area contributed by atoms with Gasteiger partial charge in [-0.2, -0.15) is 0 Å². The van der Waals surface area contributed by atoms with Gasteiger partial charge >= 0.3 is 5.97 Å². The van der Waals surface area contributed by atoms with Crippen LogP contribution >= 0.6 is 11.3 Å². The second-order valence-electron chi connectivity index (χ2n) is 5.07. The van der Waals surface area contributed by atoms with Crippen LogP contribution in [0.5, 0.6) is 0 Å². The number of carbonyl (C=O) groups excluding carboxylic acids is 1. The van der Waals surface area contributed by atoms with Crippen molar-refractivity contribution in [1.82, 2.24) is 5.32 Å². The molecule has 2 rings (SSSR count). The molecular weight excluding hydrogens is 262 g/mol. The minimum atomic E-state index is -0.826. The van der Waals surface area contributed by atoms with Gasteiger partial charge in [-0.15, -0.1) is 11.3 Å². The van der Waals surface area contributed by atoms with Crippen molar-refractivity contribution in [2.45, 2.75) is 51.5 Å². The van der Waals surface area contributed by atoms with Crippen molar-refractivity contribution < 1.29 is 14.7 Å². The molecule has 1 unspecified atom stereocenters. The van der Waals surface area contributed by atoms with Gasteiger partial charge in [-0.05, 0) is 50.7 Å². The van der Waals surface area contributed by atoms with Crippen LogP contribution in [0, 0.1) is 0 Å². The number of fused-ring (bicyclic) bond motifs is 1. The van der Waals surface area contributed by atoms with Gasteiger partial charge in [0.15, 0.2) is 0 Å². The molecule has 5 heteroatoms. The lowest BCUT2D eigenvalue weighted by Crippen LogP contribution is -2.32. The number of carboxylic acid groups (broad SMARTS) is 1. The first kappa shape index (κ1) is 14.1. The number of hydrogen-bond acceptors (Lipinski definition) is 3. The van der Waals surface area contributed by atoms with E-state index in [1.54, 1.807) is 11.3 Å². The summed E-state index contributed by atoms with van der Waals surface area (Å²) in [6, 6.07) is 1.89. The third-order valence-corrected chi connectivity index (χ3v) is 4.62. The van der Waals surface area contributed by atoms with Crippen molar-refractivity contribution >= 4 is 23.2 Å². The van der Waals surface area contributed by atoms with E-state index in [4.69, 9.17) is 5.11 Å². The number of nitrogens with one attached hydrogen (secondary N) is 1. The van der Waals surface area contributed by atoms with Crippen molar-refractivity contribution in [2.75, 3.05) is 0 Å². The summed E-state index contributed by atoms with van der Waals surface area (Å²) in [5, 5.41) is 11.5. The lowest BCUT2D eigenvalue weighted by Gasteiger charge is -2.11. The average Bonchev–Trinajstić information content (AvgIpc) is 2.80. The molecule has 1 heterocycles. The molecular formula is C14H19NO3S. The fourth-order valence-electron chi connectivity index (χ4n) is 2.31. The maximum absolute atomic E-state index is 12.1. The number of aliphatic carboxylic acids is 1. The highest BCUT2D eigenvalue weighted by Crippen LogP contribution is 2.29. The molecule has 0 aliphatic heterocycles. The van der Waals surface area contributed by atoms with Crippen molar-refractivity contribution in [3.8, 4) is 0 Å². The average molecular weight is 281 g/mol. The van der Waals surface area contributed by atoms with Crippen LogP contribution in [0.3, 0.4) is 0 Å². The Morgan fingerprint density at radius 1 is 1.42 bits per heavy atom. The minimum Gasteiger partial charge on any atom is -0.481 e.